The van der Waals surface area contributed by atoms with E-state index in [0.717, 1.165) is 6.08 Å². The summed E-state index contributed by atoms with van der Waals surface area (Å²) in [5.41, 5.74) is -0.548. The van der Waals surface area contributed by atoms with Gasteiger partial charge in [-0.3, -0.25) is 4.79 Å². The molecule has 1 fully saturated rings. The fourth-order valence-electron chi connectivity index (χ4n) is 1.71. The molecule has 1 aliphatic carbocycles. The molecule has 0 spiro atoms. The molecule has 1 aliphatic rings. The molecular weight excluding hydrogens is 284 g/mol. The van der Waals surface area contributed by atoms with Gasteiger partial charge in [0, 0.05) is 0 Å². The van der Waals surface area contributed by atoms with Crippen LogP contribution in [0.5, 0.6) is 0 Å². The Hall–Kier alpha value is -0.0600. The third-order valence-electron chi connectivity index (χ3n) is 2.77. The van der Waals surface area contributed by atoms with Gasteiger partial charge in [-0.2, -0.15) is 8.78 Å². The van der Waals surface area contributed by atoms with Crippen molar-refractivity contribution < 1.29 is 18.7 Å². The van der Waals surface area contributed by atoms with Gasteiger partial charge in [0.2, 0.25) is 0 Å². The van der Waals surface area contributed by atoms with Gasteiger partial charge >= 0.3 is 11.4 Å². The molecule has 0 aliphatic heterocycles. The average Bonchev–Trinajstić information content (AvgIpc) is 2.50. The fraction of sp³-hybridized carbons (Fsp3) is 0.667. The maximum absolute atomic E-state index is 12.5. The highest BCUT2D eigenvalue weighted by molar-refractivity contribution is 6.38. The SMILES string of the molecule is CC1(C)C(C=C(Cl)C(F)(F)Cl)C1C(=O)O.Cl. The molecule has 2 unspecified atom stereocenters. The zero-order valence-corrected chi connectivity index (χ0v) is 10.8. The fourth-order valence-corrected chi connectivity index (χ4v) is 1.91. The predicted octanol–water partition coefficient (Wildman–Crippen LogP) is 3.72. The van der Waals surface area contributed by atoms with E-state index in [1.165, 1.54) is 0 Å². The van der Waals surface area contributed by atoms with Crippen molar-refractivity contribution in [3.05, 3.63) is 11.1 Å². The van der Waals surface area contributed by atoms with Crippen LogP contribution in [0.25, 0.3) is 0 Å². The van der Waals surface area contributed by atoms with E-state index in [-0.39, 0.29) is 12.4 Å². The van der Waals surface area contributed by atoms with Crippen LogP contribution in [0.1, 0.15) is 13.8 Å². The molecule has 0 bridgehead atoms. The maximum Gasteiger partial charge on any atom is 0.358 e. The summed E-state index contributed by atoms with van der Waals surface area (Å²) in [5.74, 6) is -2.18. The molecule has 0 radical (unpaired) electrons. The largest absolute Gasteiger partial charge is 0.481 e. The van der Waals surface area contributed by atoms with Crippen LogP contribution in [0.3, 0.4) is 0 Å². The minimum atomic E-state index is -3.62. The van der Waals surface area contributed by atoms with E-state index in [4.69, 9.17) is 28.3 Å². The number of halogens is 5. The van der Waals surface area contributed by atoms with Crippen LogP contribution < -0.4 is 0 Å². The molecule has 0 aromatic rings. The van der Waals surface area contributed by atoms with Crippen molar-refractivity contribution in [2.45, 2.75) is 19.2 Å². The van der Waals surface area contributed by atoms with Crippen LogP contribution >= 0.6 is 35.6 Å². The van der Waals surface area contributed by atoms with Crippen LogP contribution in [0.15, 0.2) is 11.1 Å². The van der Waals surface area contributed by atoms with Crippen molar-refractivity contribution in [1.82, 2.24) is 0 Å². The van der Waals surface area contributed by atoms with Gasteiger partial charge in [0.05, 0.1) is 11.0 Å². The lowest BCUT2D eigenvalue weighted by Gasteiger charge is -2.05. The summed E-state index contributed by atoms with van der Waals surface area (Å²) in [5, 5.41) is 4.35. The Bertz CT molecular complexity index is 323. The first-order valence-electron chi connectivity index (χ1n) is 4.26. The third-order valence-corrected chi connectivity index (χ3v) is 3.44. The highest BCUT2D eigenvalue weighted by Gasteiger charge is 2.61. The zero-order chi connectivity index (χ0) is 12.0. The number of alkyl halides is 3. The summed E-state index contributed by atoms with van der Waals surface area (Å²) in [7, 11) is 0. The second-order valence-electron chi connectivity index (χ2n) is 4.18. The second-order valence-corrected chi connectivity index (χ2v) is 5.06. The molecule has 2 nitrogen and oxygen atoms in total. The van der Waals surface area contributed by atoms with Crippen molar-refractivity contribution >= 4 is 41.6 Å². The van der Waals surface area contributed by atoms with Crippen molar-refractivity contribution in [2.24, 2.45) is 17.3 Å². The minimum Gasteiger partial charge on any atom is -0.481 e. The first kappa shape index (κ1) is 15.9. The molecule has 2 atom stereocenters. The monoisotopic (exact) mass is 294 g/mol. The van der Waals surface area contributed by atoms with Crippen molar-refractivity contribution in [3.63, 3.8) is 0 Å². The van der Waals surface area contributed by atoms with Gasteiger partial charge in [-0.25, -0.2) is 0 Å². The Balaban J connectivity index is 0.00000225. The molecule has 94 valence electrons. The molecular formula is C9H11Cl3F2O2. The summed E-state index contributed by atoms with van der Waals surface area (Å²) in [6, 6.07) is 0. The normalized spacial score (nSPS) is 28.2. The number of allylic oxidation sites excluding steroid dienone is 2. The minimum absolute atomic E-state index is 0. The molecule has 0 heterocycles. The average molecular weight is 296 g/mol. The van der Waals surface area contributed by atoms with Gasteiger partial charge < -0.3 is 5.11 Å². The maximum atomic E-state index is 12.5. The first-order chi connectivity index (χ1) is 6.58. The highest BCUT2D eigenvalue weighted by atomic mass is 35.5. The predicted molar refractivity (Wildman–Crippen MR) is 60.4 cm³/mol. The number of carboxylic acids is 1. The lowest BCUT2D eigenvalue weighted by molar-refractivity contribution is -0.139. The van der Waals surface area contributed by atoms with Gasteiger partial charge in [0.1, 0.15) is 0 Å². The lowest BCUT2D eigenvalue weighted by atomic mass is 10.1. The van der Waals surface area contributed by atoms with E-state index >= 15 is 0 Å². The Morgan fingerprint density at radius 1 is 1.50 bits per heavy atom. The molecule has 0 saturated heterocycles. The lowest BCUT2D eigenvalue weighted by Crippen LogP contribution is -2.06. The van der Waals surface area contributed by atoms with E-state index < -0.39 is 33.6 Å². The zero-order valence-electron chi connectivity index (χ0n) is 8.51. The topological polar surface area (TPSA) is 37.3 Å². The summed E-state index contributed by atoms with van der Waals surface area (Å²) in [6.45, 7) is 3.37. The molecule has 1 saturated carbocycles. The summed E-state index contributed by atoms with van der Waals surface area (Å²) < 4.78 is 25.0. The van der Waals surface area contributed by atoms with Crippen molar-refractivity contribution in [2.75, 3.05) is 0 Å². The van der Waals surface area contributed by atoms with Crippen molar-refractivity contribution in [1.29, 1.82) is 0 Å². The molecule has 0 amide bonds. The second kappa shape index (κ2) is 4.67. The van der Waals surface area contributed by atoms with Crippen LogP contribution in [0.4, 0.5) is 8.78 Å². The van der Waals surface area contributed by atoms with Crippen LogP contribution in [-0.2, 0) is 4.79 Å². The Labute approximate surface area is 108 Å². The highest BCUT2D eigenvalue weighted by Crippen LogP contribution is 2.60. The first-order valence-corrected chi connectivity index (χ1v) is 5.01. The van der Waals surface area contributed by atoms with Crippen molar-refractivity contribution in [3.8, 4) is 0 Å². The van der Waals surface area contributed by atoms with E-state index in [9.17, 15) is 13.6 Å². The van der Waals surface area contributed by atoms with Gasteiger partial charge in [-0.1, -0.05) is 31.5 Å². The molecule has 16 heavy (non-hydrogen) atoms. The third kappa shape index (κ3) is 2.99. The summed E-state index contributed by atoms with van der Waals surface area (Å²) >= 11 is 9.97. The number of rotatable bonds is 3. The smallest absolute Gasteiger partial charge is 0.358 e. The number of aliphatic carboxylic acids is 1. The molecule has 1 rings (SSSR count). The summed E-state index contributed by atoms with van der Waals surface area (Å²) in [4.78, 5) is 10.7. The Kier molecular flexibility index (Phi) is 4.65. The summed E-state index contributed by atoms with van der Waals surface area (Å²) in [6.07, 6.45) is 1.04. The van der Waals surface area contributed by atoms with Crippen LogP contribution in [0.2, 0.25) is 0 Å². The van der Waals surface area contributed by atoms with Crippen LogP contribution in [0, 0.1) is 17.3 Å². The van der Waals surface area contributed by atoms with E-state index in [1.54, 1.807) is 13.8 Å². The standard InChI is InChI=1S/C9H10Cl2F2O2.ClH/c1-8(2)4(6(8)7(14)15)3-5(10)9(11,12)13;/h3-4,6H,1-2H3,(H,14,15);1H. The molecule has 0 aromatic heterocycles. The molecule has 1 N–H and O–H groups in total. The van der Waals surface area contributed by atoms with Gasteiger partial charge in [-0.15, -0.1) is 12.4 Å². The van der Waals surface area contributed by atoms with E-state index in [1.807, 2.05) is 0 Å². The number of carbonyl (C=O) groups is 1. The van der Waals surface area contributed by atoms with Gasteiger partial charge in [-0.05, 0) is 22.9 Å². The Morgan fingerprint density at radius 2 is 1.94 bits per heavy atom. The van der Waals surface area contributed by atoms with Gasteiger partial charge in [0.25, 0.3) is 0 Å². The van der Waals surface area contributed by atoms with Crippen LogP contribution in [-0.4, -0.2) is 16.5 Å². The van der Waals surface area contributed by atoms with E-state index in [2.05, 4.69) is 0 Å². The quantitative estimate of drug-likeness (QED) is 0.806. The number of hydrogen-bond acceptors (Lipinski definition) is 1. The molecule has 0 aromatic carbocycles. The molecule has 7 heteroatoms. The van der Waals surface area contributed by atoms with E-state index in [0.29, 0.717) is 0 Å². The van der Waals surface area contributed by atoms with Gasteiger partial charge in [0.15, 0.2) is 0 Å². The number of carboxylic acid groups (broad SMARTS) is 1. The Morgan fingerprint density at radius 3 is 2.19 bits per heavy atom. The number of hydrogen-bond donors (Lipinski definition) is 1.